The Bertz CT molecular complexity index is 1160. The molecule has 0 spiro atoms. The van der Waals surface area contributed by atoms with Crippen molar-refractivity contribution in [3.05, 3.63) is 87.4 Å². The molecular weight excluding hydrogens is 444 g/mol. The Balaban J connectivity index is 1.58. The van der Waals surface area contributed by atoms with Crippen molar-refractivity contribution in [3.63, 3.8) is 0 Å². The maximum absolute atomic E-state index is 13.0. The summed E-state index contributed by atoms with van der Waals surface area (Å²) < 4.78 is 5.88. The average Bonchev–Trinajstić information content (AvgIpc) is 2.81. The van der Waals surface area contributed by atoms with E-state index in [9.17, 15) is 14.9 Å². The van der Waals surface area contributed by atoms with Gasteiger partial charge in [-0.1, -0.05) is 29.8 Å². The Morgan fingerprint density at radius 2 is 1.76 bits per heavy atom. The van der Waals surface area contributed by atoms with E-state index >= 15 is 0 Å². The SMILES string of the molecule is CN1CCN(c2ccc(C(=O)Nc3cc(Cl)ccc3Oc3ccccc3)cc2[N+](=O)[O-])CC1. The molecule has 33 heavy (non-hydrogen) atoms. The number of nitrogens with zero attached hydrogens (tertiary/aromatic N) is 3. The second-order valence-corrected chi connectivity index (χ2v) is 8.20. The minimum atomic E-state index is -0.497. The molecule has 1 aliphatic rings. The number of anilines is 2. The smallest absolute Gasteiger partial charge is 0.293 e. The molecule has 0 aliphatic carbocycles. The third kappa shape index (κ3) is 5.42. The summed E-state index contributed by atoms with van der Waals surface area (Å²) in [5, 5.41) is 14.9. The molecule has 0 saturated carbocycles. The molecule has 0 bridgehead atoms. The zero-order chi connectivity index (χ0) is 23.4. The van der Waals surface area contributed by atoms with Crippen LogP contribution in [0.5, 0.6) is 11.5 Å². The predicted octanol–water partition coefficient (Wildman–Crippen LogP) is 5.04. The van der Waals surface area contributed by atoms with E-state index in [0.717, 1.165) is 13.1 Å². The van der Waals surface area contributed by atoms with Crippen LogP contribution in [0.25, 0.3) is 0 Å². The second kappa shape index (κ2) is 9.89. The van der Waals surface area contributed by atoms with Gasteiger partial charge in [-0.25, -0.2) is 0 Å². The first-order valence-corrected chi connectivity index (χ1v) is 10.8. The maximum atomic E-state index is 13.0. The van der Waals surface area contributed by atoms with Crippen molar-refractivity contribution in [3.8, 4) is 11.5 Å². The number of ether oxygens (including phenoxy) is 1. The summed E-state index contributed by atoms with van der Waals surface area (Å²) in [4.78, 5) is 28.4. The number of nitrogens with one attached hydrogen (secondary N) is 1. The largest absolute Gasteiger partial charge is 0.455 e. The number of piperazine rings is 1. The highest BCUT2D eigenvalue weighted by molar-refractivity contribution is 6.31. The van der Waals surface area contributed by atoms with E-state index in [4.69, 9.17) is 16.3 Å². The fraction of sp³-hybridized carbons (Fsp3) is 0.208. The van der Waals surface area contributed by atoms with Crippen molar-refractivity contribution in [1.29, 1.82) is 0 Å². The summed E-state index contributed by atoms with van der Waals surface area (Å²) in [6.07, 6.45) is 0. The Morgan fingerprint density at radius 1 is 1.03 bits per heavy atom. The van der Waals surface area contributed by atoms with Crippen LogP contribution in [-0.2, 0) is 0 Å². The highest BCUT2D eigenvalue weighted by atomic mass is 35.5. The van der Waals surface area contributed by atoms with E-state index in [1.807, 2.05) is 30.1 Å². The number of carbonyl (C=O) groups excluding carboxylic acids is 1. The van der Waals surface area contributed by atoms with Crippen molar-refractivity contribution >= 4 is 34.6 Å². The average molecular weight is 467 g/mol. The molecule has 1 amide bonds. The van der Waals surface area contributed by atoms with E-state index < -0.39 is 10.8 Å². The molecule has 4 rings (SSSR count). The molecule has 3 aromatic carbocycles. The summed E-state index contributed by atoms with van der Waals surface area (Å²) in [6, 6.07) is 18.6. The molecule has 1 fully saturated rings. The number of nitro benzene ring substituents is 1. The van der Waals surface area contributed by atoms with Gasteiger partial charge in [0.05, 0.1) is 10.6 Å². The molecule has 170 valence electrons. The topological polar surface area (TPSA) is 88.0 Å². The number of halogens is 1. The standard InChI is InChI=1S/C24H23ClN4O4/c1-27-11-13-28(14-12-27)21-9-7-17(15-22(21)29(31)32)24(30)26-20-16-18(25)8-10-23(20)33-19-5-3-2-4-6-19/h2-10,15-16H,11-14H2,1H3,(H,26,30). The van der Waals surface area contributed by atoms with Crippen molar-refractivity contribution in [2.75, 3.05) is 43.4 Å². The highest BCUT2D eigenvalue weighted by Gasteiger charge is 2.24. The number of para-hydroxylation sites is 1. The maximum Gasteiger partial charge on any atom is 0.293 e. The number of hydrogen-bond acceptors (Lipinski definition) is 6. The van der Waals surface area contributed by atoms with Crippen LogP contribution in [-0.4, -0.2) is 49.0 Å². The Hall–Kier alpha value is -3.62. The number of nitro groups is 1. The first-order chi connectivity index (χ1) is 15.9. The first kappa shape index (κ1) is 22.6. The van der Waals surface area contributed by atoms with Crippen molar-refractivity contribution in [1.82, 2.24) is 4.90 Å². The third-order valence-electron chi connectivity index (χ3n) is 5.44. The van der Waals surface area contributed by atoms with Crippen molar-refractivity contribution < 1.29 is 14.5 Å². The van der Waals surface area contributed by atoms with Crippen LogP contribution in [0, 0.1) is 10.1 Å². The van der Waals surface area contributed by atoms with Crippen LogP contribution in [0.15, 0.2) is 66.7 Å². The summed E-state index contributed by atoms with van der Waals surface area (Å²) in [5.41, 5.74) is 0.951. The van der Waals surface area contributed by atoms with Crippen molar-refractivity contribution in [2.45, 2.75) is 0 Å². The molecule has 3 aromatic rings. The number of amides is 1. The van der Waals surface area contributed by atoms with Gasteiger partial charge in [-0.15, -0.1) is 0 Å². The molecule has 1 N–H and O–H groups in total. The molecule has 9 heteroatoms. The number of likely N-dealkylation sites (N-methyl/N-ethyl adjacent to an activating group) is 1. The normalized spacial score (nSPS) is 14.1. The van der Waals surface area contributed by atoms with Crippen LogP contribution in [0.4, 0.5) is 17.1 Å². The van der Waals surface area contributed by atoms with Crippen LogP contribution < -0.4 is 15.0 Å². The molecule has 0 radical (unpaired) electrons. The van der Waals surface area contributed by atoms with Gasteiger partial charge in [0.1, 0.15) is 11.4 Å². The lowest BCUT2D eigenvalue weighted by atomic mass is 10.1. The molecular formula is C24H23ClN4O4. The van der Waals surface area contributed by atoms with Gasteiger partial charge >= 0.3 is 0 Å². The van der Waals surface area contributed by atoms with Crippen LogP contribution in [0.3, 0.4) is 0 Å². The van der Waals surface area contributed by atoms with Gasteiger partial charge in [-0.2, -0.15) is 0 Å². The Morgan fingerprint density at radius 3 is 2.45 bits per heavy atom. The van der Waals surface area contributed by atoms with Crippen LogP contribution >= 0.6 is 11.6 Å². The Labute approximate surface area is 196 Å². The highest BCUT2D eigenvalue weighted by Crippen LogP contribution is 2.34. The minimum Gasteiger partial charge on any atom is -0.455 e. The number of rotatable bonds is 6. The van der Waals surface area contributed by atoms with E-state index in [1.54, 1.807) is 42.5 Å². The van der Waals surface area contributed by atoms with Crippen molar-refractivity contribution in [2.24, 2.45) is 0 Å². The zero-order valence-electron chi connectivity index (χ0n) is 18.0. The molecule has 0 aromatic heterocycles. The predicted molar refractivity (Wildman–Crippen MR) is 129 cm³/mol. The summed E-state index contributed by atoms with van der Waals surface area (Å²) in [5.74, 6) is 0.508. The second-order valence-electron chi connectivity index (χ2n) is 7.76. The Kier molecular flexibility index (Phi) is 6.76. The fourth-order valence-electron chi connectivity index (χ4n) is 3.62. The molecule has 1 heterocycles. The van der Waals surface area contributed by atoms with Gasteiger partial charge in [0.25, 0.3) is 11.6 Å². The molecule has 0 unspecified atom stereocenters. The van der Waals surface area contributed by atoms with Gasteiger partial charge in [-0.05, 0) is 49.5 Å². The number of carbonyl (C=O) groups is 1. The van der Waals surface area contributed by atoms with Gasteiger partial charge in [0.2, 0.25) is 0 Å². The van der Waals surface area contributed by atoms with E-state index in [-0.39, 0.29) is 11.3 Å². The lowest BCUT2D eigenvalue weighted by Crippen LogP contribution is -2.44. The summed E-state index contributed by atoms with van der Waals surface area (Å²) in [6.45, 7) is 3.01. The number of hydrogen-bond donors (Lipinski definition) is 1. The minimum absolute atomic E-state index is 0.0981. The van der Waals surface area contributed by atoms with E-state index in [1.165, 1.54) is 6.07 Å². The monoisotopic (exact) mass is 466 g/mol. The first-order valence-electron chi connectivity index (χ1n) is 10.5. The van der Waals surface area contributed by atoms with E-state index in [0.29, 0.717) is 41.0 Å². The van der Waals surface area contributed by atoms with E-state index in [2.05, 4.69) is 10.2 Å². The fourth-order valence-corrected chi connectivity index (χ4v) is 3.80. The van der Waals surface area contributed by atoms with Gasteiger partial charge < -0.3 is 19.9 Å². The number of benzene rings is 3. The lowest BCUT2D eigenvalue weighted by molar-refractivity contribution is -0.384. The zero-order valence-corrected chi connectivity index (χ0v) is 18.8. The summed E-state index contributed by atoms with van der Waals surface area (Å²) in [7, 11) is 2.02. The van der Waals surface area contributed by atoms with Crippen LogP contribution in [0.2, 0.25) is 5.02 Å². The van der Waals surface area contributed by atoms with Gasteiger partial charge in [0.15, 0.2) is 5.75 Å². The summed E-state index contributed by atoms with van der Waals surface area (Å²) >= 11 is 6.13. The lowest BCUT2D eigenvalue weighted by Gasteiger charge is -2.33. The molecule has 0 atom stereocenters. The van der Waals surface area contributed by atoms with Gasteiger partial charge in [0, 0.05) is 42.8 Å². The third-order valence-corrected chi connectivity index (χ3v) is 5.67. The molecule has 8 nitrogen and oxygen atoms in total. The molecule has 1 aliphatic heterocycles. The van der Waals surface area contributed by atoms with Crippen LogP contribution in [0.1, 0.15) is 10.4 Å². The quantitative estimate of drug-likeness (QED) is 0.404. The van der Waals surface area contributed by atoms with Gasteiger partial charge in [-0.3, -0.25) is 14.9 Å². The molecule has 1 saturated heterocycles.